The van der Waals surface area contributed by atoms with E-state index in [-0.39, 0.29) is 11.2 Å². The third-order valence-electron chi connectivity index (χ3n) is 2.84. The molecule has 0 fully saturated rings. The third-order valence-corrected chi connectivity index (χ3v) is 4.13. The maximum absolute atomic E-state index is 11.9. The SMILES string of the molecule is C[C@@H](Sc1nnc(-c2ccc(Cl)cc2)n1N)C(=O)N(C)C. The van der Waals surface area contributed by atoms with E-state index in [1.807, 2.05) is 19.1 Å². The number of nitrogens with zero attached hydrogens (tertiary/aromatic N) is 4. The first-order valence-electron chi connectivity index (χ1n) is 6.24. The molecule has 0 unspecified atom stereocenters. The fraction of sp³-hybridized carbons (Fsp3) is 0.308. The van der Waals surface area contributed by atoms with E-state index >= 15 is 0 Å². The summed E-state index contributed by atoms with van der Waals surface area (Å²) in [5, 5.41) is 8.96. The van der Waals surface area contributed by atoms with E-state index in [0.29, 0.717) is 16.0 Å². The highest BCUT2D eigenvalue weighted by molar-refractivity contribution is 8.00. The van der Waals surface area contributed by atoms with E-state index < -0.39 is 0 Å². The van der Waals surface area contributed by atoms with Gasteiger partial charge in [-0.3, -0.25) is 4.79 Å². The van der Waals surface area contributed by atoms with Gasteiger partial charge in [0.1, 0.15) is 0 Å². The van der Waals surface area contributed by atoms with Gasteiger partial charge in [-0.05, 0) is 31.2 Å². The fourth-order valence-electron chi connectivity index (χ4n) is 1.73. The van der Waals surface area contributed by atoms with Gasteiger partial charge in [0.15, 0.2) is 5.82 Å². The van der Waals surface area contributed by atoms with Crippen molar-refractivity contribution in [1.82, 2.24) is 19.8 Å². The van der Waals surface area contributed by atoms with Crippen molar-refractivity contribution in [3.05, 3.63) is 29.3 Å². The third kappa shape index (κ3) is 3.48. The van der Waals surface area contributed by atoms with Crippen LogP contribution in [0.1, 0.15) is 6.92 Å². The average molecular weight is 326 g/mol. The van der Waals surface area contributed by atoms with Crippen LogP contribution >= 0.6 is 23.4 Å². The molecule has 1 amide bonds. The van der Waals surface area contributed by atoms with E-state index in [2.05, 4.69) is 10.2 Å². The zero-order chi connectivity index (χ0) is 15.6. The smallest absolute Gasteiger partial charge is 0.235 e. The molecule has 6 nitrogen and oxygen atoms in total. The number of carbonyl (C=O) groups is 1. The van der Waals surface area contributed by atoms with Crippen LogP contribution in [0.4, 0.5) is 0 Å². The first kappa shape index (κ1) is 15.7. The Morgan fingerprint density at radius 3 is 2.52 bits per heavy atom. The zero-order valence-corrected chi connectivity index (χ0v) is 13.5. The molecule has 1 aromatic carbocycles. The molecule has 2 aromatic rings. The Labute approximate surface area is 132 Å². The van der Waals surface area contributed by atoms with Gasteiger partial charge >= 0.3 is 0 Å². The van der Waals surface area contributed by atoms with Crippen LogP contribution in [0.25, 0.3) is 11.4 Å². The minimum atomic E-state index is -0.287. The molecule has 112 valence electrons. The molecular formula is C13H16ClN5OS. The number of halogens is 1. The van der Waals surface area contributed by atoms with Gasteiger partial charge in [0.05, 0.1) is 5.25 Å². The number of rotatable bonds is 4. The number of aromatic nitrogens is 3. The Hall–Kier alpha value is -1.73. The Morgan fingerprint density at radius 1 is 1.33 bits per heavy atom. The second-order valence-corrected chi connectivity index (χ2v) is 6.42. The maximum Gasteiger partial charge on any atom is 0.235 e. The second kappa shape index (κ2) is 6.36. The van der Waals surface area contributed by atoms with Gasteiger partial charge in [0.25, 0.3) is 0 Å². The van der Waals surface area contributed by atoms with Gasteiger partial charge in [-0.25, -0.2) is 4.68 Å². The molecule has 0 aliphatic heterocycles. The molecule has 2 rings (SSSR count). The summed E-state index contributed by atoms with van der Waals surface area (Å²) in [5.74, 6) is 6.53. The van der Waals surface area contributed by atoms with Gasteiger partial charge in [-0.2, -0.15) is 0 Å². The molecule has 0 saturated heterocycles. The van der Waals surface area contributed by atoms with Gasteiger partial charge < -0.3 is 10.7 Å². The maximum atomic E-state index is 11.9. The van der Waals surface area contributed by atoms with Crippen LogP contribution in [0.3, 0.4) is 0 Å². The van der Waals surface area contributed by atoms with Crippen molar-refractivity contribution < 1.29 is 4.79 Å². The van der Waals surface area contributed by atoms with Crippen molar-refractivity contribution >= 4 is 29.3 Å². The number of nitrogens with two attached hydrogens (primary N) is 1. The topological polar surface area (TPSA) is 77.0 Å². The molecule has 1 heterocycles. The van der Waals surface area contributed by atoms with Crippen molar-refractivity contribution in [3.8, 4) is 11.4 Å². The number of carbonyl (C=O) groups excluding carboxylic acids is 1. The van der Waals surface area contributed by atoms with Crippen LogP contribution in [-0.4, -0.2) is 45.0 Å². The standard InChI is InChI=1S/C13H16ClN5OS/c1-8(12(20)18(2)3)21-13-17-16-11(19(13)15)9-4-6-10(14)7-5-9/h4-8H,15H2,1-3H3/t8-/m1/s1. The molecule has 0 aliphatic carbocycles. The van der Waals surface area contributed by atoms with Gasteiger partial charge in [-0.15, -0.1) is 10.2 Å². The second-order valence-electron chi connectivity index (χ2n) is 4.68. The molecule has 0 saturated carbocycles. The Balaban J connectivity index is 2.21. The van der Waals surface area contributed by atoms with Gasteiger partial charge in [-0.1, -0.05) is 23.4 Å². The lowest BCUT2D eigenvalue weighted by Crippen LogP contribution is -2.30. The summed E-state index contributed by atoms with van der Waals surface area (Å²) in [7, 11) is 3.43. The van der Waals surface area contributed by atoms with Crippen molar-refractivity contribution in [1.29, 1.82) is 0 Å². The van der Waals surface area contributed by atoms with Crippen LogP contribution in [-0.2, 0) is 4.79 Å². The summed E-state index contributed by atoms with van der Waals surface area (Å²) < 4.78 is 1.38. The van der Waals surface area contributed by atoms with Crippen molar-refractivity contribution in [2.75, 3.05) is 19.9 Å². The van der Waals surface area contributed by atoms with Crippen molar-refractivity contribution in [2.45, 2.75) is 17.3 Å². The van der Waals surface area contributed by atoms with E-state index in [0.717, 1.165) is 5.56 Å². The minimum absolute atomic E-state index is 0.00366. The van der Waals surface area contributed by atoms with E-state index in [9.17, 15) is 4.79 Å². The first-order valence-corrected chi connectivity index (χ1v) is 7.50. The van der Waals surface area contributed by atoms with Crippen molar-refractivity contribution in [3.63, 3.8) is 0 Å². The summed E-state index contributed by atoms with van der Waals surface area (Å²) in [6.45, 7) is 1.81. The predicted octanol–water partition coefficient (Wildman–Crippen LogP) is 1.88. The largest absolute Gasteiger partial charge is 0.348 e. The van der Waals surface area contributed by atoms with E-state index in [4.69, 9.17) is 17.4 Å². The monoisotopic (exact) mass is 325 g/mol. The summed E-state index contributed by atoms with van der Waals surface area (Å²) in [5.41, 5.74) is 0.813. The highest BCUT2D eigenvalue weighted by Crippen LogP contribution is 2.25. The molecule has 0 aliphatic rings. The summed E-state index contributed by atoms with van der Waals surface area (Å²) in [6, 6.07) is 7.16. The zero-order valence-electron chi connectivity index (χ0n) is 11.9. The highest BCUT2D eigenvalue weighted by Gasteiger charge is 2.20. The molecule has 21 heavy (non-hydrogen) atoms. The quantitative estimate of drug-likeness (QED) is 0.686. The molecule has 0 spiro atoms. The number of hydrogen-bond acceptors (Lipinski definition) is 5. The number of nitrogen functional groups attached to an aromatic ring is 1. The summed E-state index contributed by atoms with van der Waals surface area (Å²) in [6.07, 6.45) is 0. The molecule has 1 atom stereocenters. The van der Waals surface area contributed by atoms with Gasteiger partial charge in [0, 0.05) is 24.7 Å². The normalized spacial score (nSPS) is 12.2. The molecule has 2 N–H and O–H groups in total. The number of amides is 1. The predicted molar refractivity (Wildman–Crippen MR) is 84.6 cm³/mol. The Morgan fingerprint density at radius 2 is 1.95 bits per heavy atom. The lowest BCUT2D eigenvalue weighted by molar-refractivity contribution is -0.127. The summed E-state index contributed by atoms with van der Waals surface area (Å²) in [4.78, 5) is 13.4. The molecule has 8 heteroatoms. The Bertz CT molecular complexity index is 641. The molecule has 0 bridgehead atoms. The molecular weight excluding hydrogens is 310 g/mol. The fourth-order valence-corrected chi connectivity index (χ4v) is 2.77. The number of hydrogen-bond donors (Lipinski definition) is 1. The number of thioether (sulfide) groups is 1. The average Bonchev–Trinajstić information content (AvgIpc) is 2.80. The summed E-state index contributed by atoms with van der Waals surface area (Å²) >= 11 is 7.13. The van der Waals surface area contributed by atoms with Crippen LogP contribution in [0.15, 0.2) is 29.4 Å². The van der Waals surface area contributed by atoms with E-state index in [1.165, 1.54) is 21.3 Å². The van der Waals surface area contributed by atoms with Crippen molar-refractivity contribution in [2.24, 2.45) is 0 Å². The Kier molecular flexibility index (Phi) is 4.74. The van der Waals surface area contributed by atoms with E-state index in [1.54, 1.807) is 26.2 Å². The van der Waals surface area contributed by atoms with Crippen LogP contribution in [0.2, 0.25) is 5.02 Å². The van der Waals surface area contributed by atoms with Crippen LogP contribution in [0, 0.1) is 0 Å². The van der Waals surface area contributed by atoms with Gasteiger partial charge in [0.2, 0.25) is 11.1 Å². The van der Waals surface area contributed by atoms with Crippen LogP contribution < -0.4 is 5.84 Å². The molecule has 1 aromatic heterocycles. The lowest BCUT2D eigenvalue weighted by atomic mass is 10.2. The van der Waals surface area contributed by atoms with Crippen LogP contribution in [0.5, 0.6) is 0 Å². The lowest BCUT2D eigenvalue weighted by Gasteiger charge is -2.15. The molecule has 0 radical (unpaired) electrons. The number of benzene rings is 1. The highest BCUT2D eigenvalue weighted by atomic mass is 35.5. The first-order chi connectivity index (χ1) is 9.90. The minimum Gasteiger partial charge on any atom is -0.348 e.